The summed E-state index contributed by atoms with van der Waals surface area (Å²) in [7, 11) is -0.571. The van der Waals surface area contributed by atoms with Gasteiger partial charge in [0.05, 0.1) is 0 Å². The Balaban J connectivity index is 3.56. The number of hydrogen-bond donors (Lipinski definition) is 1. The third-order valence-corrected chi connectivity index (χ3v) is 3.00. The van der Waals surface area contributed by atoms with E-state index in [0.29, 0.717) is 5.66 Å². The van der Waals surface area contributed by atoms with Gasteiger partial charge in [-0.1, -0.05) is 27.3 Å². The van der Waals surface area contributed by atoms with Gasteiger partial charge in [-0.3, -0.25) is 0 Å². The van der Waals surface area contributed by atoms with Crippen LogP contribution in [0.25, 0.3) is 0 Å². The molecule has 1 unspecified atom stereocenters. The normalized spacial score (nSPS) is 15.6. The smallest absolute Gasteiger partial charge is 0.0177 e. The van der Waals surface area contributed by atoms with Crippen molar-refractivity contribution in [1.82, 2.24) is 0 Å². The maximum absolute atomic E-state index is 5.66. The highest BCUT2D eigenvalue weighted by Crippen LogP contribution is 2.16. The van der Waals surface area contributed by atoms with E-state index in [9.17, 15) is 0 Å². The van der Waals surface area contributed by atoms with Crippen LogP contribution >= 0.6 is 7.70 Å². The summed E-state index contributed by atoms with van der Waals surface area (Å²) < 4.78 is 0. The topological polar surface area (TPSA) is 26.0 Å². The second-order valence-electron chi connectivity index (χ2n) is 1.94. The van der Waals surface area contributed by atoms with E-state index < -0.39 is 7.70 Å². The molecule has 0 amide bonds. The van der Waals surface area contributed by atoms with Gasteiger partial charge in [0.15, 0.2) is 0 Å². The van der Waals surface area contributed by atoms with Crippen LogP contribution in [0.15, 0.2) is 0 Å². The summed E-state index contributed by atoms with van der Waals surface area (Å²) in [5.74, 6) is 2.12. The maximum Gasteiger partial charge on any atom is -0.0177 e. The minimum atomic E-state index is -0.571. The van der Waals surface area contributed by atoms with E-state index in [1.54, 1.807) is 0 Å². The van der Waals surface area contributed by atoms with Crippen LogP contribution in [0.1, 0.15) is 20.8 Å². The van der Waals surface area contributed by atoms with Gasteiger partial charge in [0.25, 0.3) is 0 Å². The van der Waals surface area contributed by atoms with Crippen LogP contribution in [0.5, 0.6) is 0 Å². The lowest BCUT2D eigenvalue weighted by Crippen LogP contribution is -1.94. The van der Waals surface area contributed by atoms with E-state index in [-0.39, 0.29) is 0 Å². The Labute approximate surface area is 46.4 Å². The lowest BCUT2D eigenvalue weighted by molar-refractivity contribution is 1.10. The Morgan fingerprint density at radius 2 is 2.00 bits per heavy atom. The Morgan fingerprint density at radius 1 is 1.57 bits per heavy atom. The monoisotopic (exact) mass is 119 g/mol. The van der Waals surface area contributed by atoms with E-state index in [4.69, 9.17) is 5.50 Å². The minimum Gasteiger partial charge on any atom is -0.313 e. The molecule has 2 heteroatoms. The number of nitrogens with two attached hydrogens (primary N) is 1. The molecule has 1 nitrogen and oxygen atoms in total. The van der Waals surface area contributed by atoms with Crippen LogP contribution in [0.3, 0.4) is 0 Å². The SMILES string of the molecule is C/C=[PH](\N)C(C)C. The zero-order valence-electron chi connectivity index (χ0n) is 5.23. The van der Waals surface area contributed by atoms with Crippen molar-refractivity contribution in [3.05, 3.63) is 0 Å². The summed E-state index contributed by atoms with van der Waals surface area (Å²) in [6, 6.07) is 0. The van der Waals surface area contributed by atoms with E-state index in [1.807, 2.05) is 6.92 Å². The lowest BCUT2D eigenvalue weighted by atomic mass is 10.6. The van der Waals surface area contributed by atoms with Crippen LogP contribution in [-0.4, -0.2) is 11.5 Å². The average molecular weight is 119 g/mol. The van der Waals surface area contributed by atoms with Gasteiger partial charge in [-0.25, -0.2) is 0 Å². The third-order valence-electron chi connectivity index (χ3n) is 1.00. The second kappa shape index (κ2) is 3.29. The fourth-order valence-electron chi connectivity index (χ4n) is 0.333. The van der Waals surface area contributed by atoms with Gasteiger partial charge >= 0.3 is 0 Å². The fourth-order valence-corrected chi connectivity index (χ4v) is 1.00. The van der Waals surface area contributed by atoms with Gasteiger partial charge in [0.2, 0.25) is 0 Å². The van der Waals surface area contributed by atoms with E-state index in [2.05, 4.69) is 19.6 Å². The first-order valence-corrected chi connectivity index (χ1v) is 4.33. The van der Waals surface area contributed by atoms with Crippen molar-refractivity contribution >= 4 is 13.5 Å². The highest BCUT2D eigenvalue weighted by molar-refractivity contribution is 7.55. The molecular weight excluding hydrogens is 105 g/mol. The van der Waals surface area contributed by atoms with Crippen LogP contribution in [0.2, 0.25) is 0 Å². The molecule has 1 atom stereocenters. The van der Waals surface area contributed by atoms with Gasteiger partial charge in [-0.2, -0.15) is 0 Å². The molecule has 0 aromatic heterocycles. The Hall–Kier alpha value is 0.260. The minimum absolute atomic E-state index is 0.571. The molecule has 0 aromatic carbocycles. The summed E-state index contributed by atoms with van der Waals surface area (Å²) in [6.45, 7) is 6.36. The van der Waals surface area contributed by atoms with Crippen LogP contribution in [-0.2, 0) is 0 Å². The number of hydrogen-bond acceptors (Lipinski definition) is 1. The van der Waals surface area contributed by atoms with Crippen LogP contribution < -0.4 is 5.50 Å². The predicted molar refractivity (Wildman–Crippen MR) is 39.4 cm³/mol. The van der Waals surface area contributed by atoms with E-state index >= 15 is 0 Å². The molecule has 0 rings (SSSR count). The molecule has 0 aliphatic heterocycles. The molecule has 0 radical (unpaired) electrons. The zero-order chi connectivity index (χ0) is 5.86. The lowest BCUT2D eigenvalue weighted by Gasteiger charge is -2.02. The molecule has 0 saturated heterocycles. The van der Waals surface area contributed by atoms with Crippen molar-refractivity contribution < 1.29 is 0 Å². The van der Waals surface area contributed by atoms with Gasteiger partial charge in [-0.05, 0) is 12.6 Å². The van der Waals surface area contributed by atoms with Crippen molar-refractivity contribution in [3.8, 4) is 0 Å². The molecule has 0 saturated carbocycles. The maximum atomic E-state index is 5.66. The van der Waals surface area contributed by atoms with Crippen LogP contribution in [0.4, 0.5) is 0 Å². The van der Waals surface area contributed by atoms with E-state index in [0.717, 1.165) is 0 Å². The first-order valence-electron chi connectivity index (χ1n) is 2.60. The summed E-state index contributed by atoms with van der Waals surface area (Å²) in [5, 5.41) is 0. The van der Waals surface area contributed by atoms with Crippen molar-refractivity contribution in [2.75, 3.05) is 0 Å². The molecule has 0 bridgehead atoms. The largest absolute Gasteiger partial charge is 0.313 e. The molecule has 0 aliphatic rings. The van der Waals surface area contributed by atoms with Crippen molar-refractivity contribution in [2.45, 2.75) is 26.4 Å². The van der Waals surface area contributed by atoms with Gasteiger partial charge in [-0.15, -0.1) is 0 Å². The Kier molecular flexibility index (Phi) is 3.41. The standard InChI is InChI=1S/C5H14NP/c1-4-7(6)5(2)3/h4-5,7H,6H2,1-3H3. The fraction of sp³-hybridized carbons (Fsp3) is 0.800. The molecule has 44 valence electrons. The van der Waals surface area contributed by atoms with Gasteiger partial charge < -0.3 is 5.50 Å². The average Bonchev–Trinajstić information content (AvgIpc) is 1.65. The summed E-state index contributed by atoms with van der Waals surface area (Å²) in [5.41, 5.74) is 6.35. The summed E-state index contributed by atoms with van der Waals surface area (Å²) >= 11 is 0. The van der Waals surface area contributed by atoms with Gasteiger partial charge in [0, 0.05) is 0 Å². The summed E-state index contributed by atoms with van der Waals surface area (Å²) in [6.07, 6.45) is 0. The van der Waals surface area contributed by atoms with E-state index in [1.165, 1.54) is 0 Å². The van der Waals surface area contributed by atoms with Gasteiger partial charge in [0.1, 0.15) is 0 Å². The quantitative estimate of drug-likeness (QED) is 0.517. The molecule has 2 N–H and O–H groups in total. The highest BCUT2D eigenvalue weighted by atomic mass is 31.1. The Bertz CT molecular complexity index is 76.1. The molecular formula is C5H14NP. The number of rotatable bonds is 1. The summed E-state index contributed by atoms with van der Waals surface area (Å²) in [4.78, 5) is 0. The van der Waals surface area contributed by atoms with Crippen molar-refractivity contribution in [3.63, 3.8) is 0 Å². The molecule has 0 heterocycles. The molecule has 0 fully saturated rings. The first-order chi connectivity index (χ1) is 3.18. The second-order valence-corrected chi connectivity index (χ2v) is 4.68. The molecule has 7 heavy (non-hydrogen) atoms. The molecule has 0 aliphatic carbocycles. The third kappa shape index (κ3) is 2.90. The molecule has 0 aromatic rings. The zero-order valence-corrected chi connectivity index (χ0v) is 6.23. The molecule has 0 spiro atoms. The Morgan fingerprint density at radius 3 is 2.00 bits per heavy atom. The first kappa shape index (κ1) is 7.26. The van der Waals surface area contributed by atoms with Crippen molar-refractivity contribution in [1.29, 1.82) is 0 Å². The van der Waals surface area contributed by atoms with Crippen molar-refractivity contribution in [2.24, 2.45) is 5.50 Å². The highest BCUT2D eigenvalue weighted by Gasteiger charge is 1.89. The predicted octanol–water partition coefficient (Wildman–Crippen LogP) is 1.30. The van der Waals surface area contributed by atoms with Crippen LogP contribution in [0, 0.1) is 0 Å².